The van der Waals surface area contributed by atoms with Gasteiger partial charge in [0.05, 0.1) is 11.9 Å². The van der Waals surface area contributed by atoms with Crippen LogP contribution in [0.25, 0.3) is 0 Å². The maximum absolute atomic E-state index is 13.3. The Morgan fingerprint density at radius 1 is 1.10 bits per heavy atom. The quantitative estimate of drug-likeness (QED) is 0.616. The van der Waals surface area contributed by atoms with E-state index in [0.717, 1.165) is 16.1 Å². The van der Waals surface area contributed by atoms with Gasteiger partial charge in [0, 0.05) is 18.6 Å². The van der Waals surface area contributed by atoms with E-state index < -0.39 is 28.5 Å². The van der Waals surface area contributed by atoms with Crippen LogP contribution in [0.4, 0.5) is 5.69 Å². The fourth-order valence-electron chi connectivity index (χ4n) is 3.24. The van der Waals surface area contributed by atoms with Crippen molar-refractivity contribution in [1.82, 2.24) is 10.2 Å². The summed E-state index contributed by atoms with van der Waals surface area (Å²) in [7, 11) is -2.28. The second kappa shape index (κ2) is 10.6. The topological polar surface area (TPSA) is 86.8 Å². The van der Waals surface area contributed by atoms with E-state index in [0.29, 0.717) is 22.7 Å². The zero-order chi connectivity index (χ0) is 23.2. The second-order valence-electron chi connectivity index (χ2n) is 7.27. The fourth-order valence-corrected chi connectivity index (χ4v) is 4.31. The molecule has 0 unspecified atom stereocenters. The van der Waals surface area contributed by atoms with E-state index in [1.807, 2.05) is 30.3 Å². The number of carbonyl (C=O) groups is 2. The van der Waals surface area contributed by atoms with Crippen molar-refractivity contribution in [1.29, 1.82) is 0 Å². The Balaban J connectivity index is 2.34. The highest BCUT2D eigenvalue weighted by molar-refractivity contribution is 7.92. The molecule has 168 valence electrons. The molecule has 0 radical (unpaired) electrons. The molecular formula is C22H28ClN3O4S. The number of nitrogens with zero attached hydrogens (tertiary/aromatic N) is 2. The second-order valence-corrected chi connectivity index (χ2v) is 9.58. The van der Waals surface area contributed by atoms with Gasteiger partial charge >= 0.3 is 0 Å². The van der Waals surface area contributed by atoms with Crippen LogP contribution in [0.3, 0.4) is 0 Å². The highest BCUT2D eigenvalue weighted by atomic mass is 35.5. The Morgan fingerprint density at radius 3 is 2.32 bits per heavy atom. The third kappa shape index (κ3) is 6.45. The molecule has 9 heteroatoms. The summed E-state index contributed by atoms with van der Waals surface area (Å²) >= 11 is 6.17. The summed E-state index contributed by atoms with van der Waals surface area (Å²) in [6.45, 7) is 3.15. The van der Waals surface area contributed by atoms with Crippen molar-refractivity contribution in [2.24, 2.45) is 0 Å². The predicted molar refractivity (Wildman–Crippen MR) is 124 cm³/mol. The van der Waals surface area contributed by atoms with E-state index in [9.17, 15) is 18.0 Å². The minimum atomic E-state index is -3.78. The zero-order valence-electron chi connectivity index (χ0n) is 18.1. The van der Waals surface area contributed by atoms with Gasteiger partial charge < -0.3 is 10.2 Å². The summed E-state index contributed by atoms with van der Waals surface area (Å²) in [6.07, 6.45) is 1.57. The van der Waals surface area contributed by atoms with Crippen molar-refractivity contribution in [3.8, 4) is 0 Å². The van der Waals surface area contributed by atoms with Gasteiger partial charge in [-0.3, -0.25) is 13.9 Å². The first kappa shape index (κ1) is 24.7. The number of carbonyl (C=O) groups excluding carboxylic acids is 2. The average Bonchev–Trinajstić information content (AvgIpc) is 2.73. The summed E-state index contributed by atoms with van der Waals surface area (Å²) in [4.78, 5) is 26.9. The highest BCUT2D eigenvalue weighted by Gasteiger charge is 2.30. The van der Waals surface area contributed by atoms with E-state index in [-0.39, 0.29) is 12.5 Å². The molecule has 7 nitrogen and oxygen atoms in total. The number of anilines is 1. The van der Waals surface area contributed by atoms with Gasteiger partial charge in [-0.1, -0.05) is 48.0 Å². The third-order valence-corrected chi connectivity index (χ3v) is 6.62. The summed E-state index contributed by atoms with van der Waals surface area (Å²) < 4.78 is 26.1. The minimum absolute atomic E-state index is 0.267. The largest absolute Gasteiger partial charge is 0.357 e. The van der Waals surface area contributed by atoms with Gasteiger partial charge in [0.1, 0.15) is 12.6 Å². The Kier molecular flexibility index (Phi) is 8.47. The van der Waals surface area contributed by atoms with Gasteiger partial charge in [-0.25, -0.2) is 8.42 Å². The monoisotopic (exact) mass is 465 g/mol. The van der Waals surface area contributed by atoms with Crippen molar-refractivity contribution in [3.05, 3.63) is 64.7 Å². The lowest BCUT2D eigenvalue weighted by Gasteiger charge is -2.31. The molecule has 2 rings (SSSR count). The standard InChI is InChI=1S/C22H28ClN3O4S/c1-16-19(23)11-8-12-20(16)26(31(4,29)30)15-21(27)25(17(2)22(28)24-3)14-13-18-9-6-5-7-10-18/h5-12,17H,13-15H2,1-4H3,(H,24,28)/t17-/m1/s1. The van der Waals surface area contributed by atoms with Crippen LogP contribution in [0.1, 0.15) is 18.1 Å². The lowest BCUT2D eigenvalue weighted by molar-refractivity contribution is -0.138. The molecule has 31 heavy (non-hydrogen) atoms. The summed E-state index contributed by atoms with van der Waals surface area (Å²) in [5.41, 5.74) is 1.89. The Bertz CT molecular complexity index is 1030. The van der Waals surface area contributed by atoms with Crippen molar-refractivity contribution >= 4 is 39.1 Å². The number of benzene rings is 2. The first-order valence-corrected chi connectivity index (χ1v) is 12.1. The zero-order valence-corrected chi connectivity index (χ0v) is 19.7. The number of likely N-dealkylation sites (N-methyl/N-ethyl adjacent to an activating group) is 1. The molecule has 2 aromatic carbocycles. The van der Waals surface area contributed by atoms with Crippen molar-refractivity contribution in [2.75, 3.05) is 30.7 Å². The summed E-state index contributed by atoms with van der Waals surface area (Å²) in [5, 5.41) is 2.95. The maximum Gasteiger partial charge on any atom is 0.244 e. The number of sulfonamides is 1. The minimum Gasteiger partial charge on any atom is -0.357 e. The molecule has 0 aliphatic heterocycles. The molecule has 1 N–H and O–H groups in total. The smallest absolute Gasteiger partial charge is 0.244 e. The maximum atomic E-state index is 13.3. The van der Waals surface area contributed by atoms with Crippen LogP contribution in [0.2, 0.25) is 5.02 Å². The Hall–Kier alpha value is -2.58. The highest BCUT2D eigenvalue weighted by Crippen LogP contribution is 2.28. The fraction of sp³-hybridized carbons (Fsp3) is 0.364. The number of hydrogen-bond acceptors (Lipinski definition) is 4. The van der Waals surface area contributed by atoms with Crippen LogP contribution in [-0.4, -0.2) is 57.6 Å². The van der Waals surface area contributed by atoms with Crippen molar-refractivity contribution in [2.45, 2.75) is 26.3 Å². The first-order valence-electron chi connectivity index (χ1n) is 9.84. The van der Waals surface area contributed by atoms with Gasteiger partial charge in [-0.15, -0.1) is 0 Å². The number of amides is 2. The van der Waals surface area contributed by atoms with E-state index in [1.165, 1.54) is 11.9 Å². The Labute approximate surface area is 189 Å². The van der Waals surface area contributed by atoms with Gasteiger partial charge in [0.25, 0.3) is 0 Å². The number of hydrogen-bond donors (Lipinski definition) is 1. The molecular weight excluding hydrogens is 438 g/mol. The lowest BCUT2D eigenvalue weighted by atomic mass is 10.1. The van der Waals surface area contributed by atoms with Crippen LogP contribution in [0, 0.1) is 6.92 Å². The SMILES string of the molecule is CNC(=O)[C@@H](C)N(CCc1ccccc1)C(=O)CN(c1cccc(Cl)c1C)S(C)(=O)=O. The van der Waals surface area contributed by atoms with Crippen LogP contribution in [0.15, 0.2) is 48.5 Å². The van der Waals surface area contributed by atoms with Gasteiger partial charge in [0.15, 0.2) is 0 Å². The van der Waals surface area contributed by atoms with Gasteiger partial charge in [-0.05, 0) is 43.5 Å². The van der Waals surface area contributed by atoms with E-state index in [1.54, 1.807) is 32.0 Å². The molecule has 0 aliphatic carbocycles. The predicted octanol–water partition coefficient (Wildman–Crippen LogP) is 2.62. The number of halogens is 1. The van der Waals surface area contributed by atoms with Gasteiger partial charge in [-0.2, -0.15) is 0 Å². The van der Waals surface area contributed by atoms with Crippen molar-refractivity contribution in [3.63, 3.8) is 0 Å². The van der Waals surface area contributed by atoms with Crippen LogP contribution in [0.5, 0.6) is 0 Å². The van der Waals surface area contributed by atoms with E-state index in [4.69, 9.17) is 11.6 Å². The van der Waals surface area contributed by atoms with E-state index >= 15 is 0 Å². The number of rotatable bonds is 9. The average molecular weight is 466 g/mol. The normalized spacial score (nSPS) is 12.2. The van der Waals surface area contributed by atoms with Gasteiger partial charge in [0.2, 0.25) is 21.8 Å². The van der Waals surface area contributed by atoms with Crippen molar-refractivity contribution < 1.29 is 18.0 Å². The first-order chi connectivity index (χ1) is 14.6. The van der Waals surface area contributed by atoms with Crippen LogP contribution < -0.4 is 9.62 Å². The van der Waals surface area contributed by atoms with Crippen LogP contribution in [-0.2, 0) is 26.0 Å². The molecule has 0 saturated carbocycles. The molecule has 2 aromatic rings. The third-order valence-electron chi connectivity index (χ3n) is 5.08. The Morgan fingerprint density at radius 2 is 1.74 bits per heavy atom. The van der Waals surface area contributed by atoms with E-state index in [2.05, 4.69) is 5.32 Å². The molecule has 2 amide bonds. The molecule has 0 heterocycles. The molecule has 0 saturated heterocycles. The van der Waals surface area contributed by atoms with Crippen LogP contribution >= 0.6 is 11.6 Å². The molecule has 1 atom stereocenters. The summed E-state index contributed by atoms with van der Waals surface area (Å²) in [6, 6.07) is 13.7. The number of nitrogens with one attached hydrogen (secondary N) is 1. The molecule has 0 aliphatic rings. The molecule has 0 aromatic heterocycles. The molecule has 0 bridgehead atoms. The molecule has 0 spiro atoms. The lowest BCUT2D eigenvalue weighted by Crippen LogP contribution is -2.51. The molecule has 0 fully saturated rings. The summed E-state index contributed by atoms with van der Waals surface area (Å²) in [5.74, 6) is -0.803.